The quantitative estimate of drug-likeness (QED) is 0.837. The lowest BCUT2D eigenvalue weighted by Crippen LogP contribution is -2.37. The molecule has 0 spiro atoms. The number of piperidine rings is 1. The normalized spacial score (nSPS) is 15.4. The van der Waals surface area contributed by atoms with Crippen LogP contribution in [0.3, 0.4) is 0 Å². The van der Waals surface area contributed by atoms with Crippen molar-refractivity contribution in [1.82, 2.24) is 9.47 Å². The number of hydrogen-bond acceptors (Lipinski definition) is 2. The lowest BCUT2D eigenvalue weighted by atomic mass is 10.1. The molecule has 1 aliphatic rings. The molecule has 0 bridgehead atoms. The fraction of sp³-hybridized carbons (Fsp3) is 0.375. The van der Waals surface area contributed by atoms with Gasteiger partial charge in [0.25, 0.3) is 0 Å². The molecule has 1 fully saturated rings. The summed E-state index contributed by atoms with van der Waals surface area (Å²) >= 11 is 3.38. The fourth-order valence-electron chi connectivity index (χ4n) is 2.81. The van der Waals surface area contributed by atoms with Gasteiger partial charge in [0.15, 0.2) is 5.43 Å². The van der Waals surface area contributed by atoms with Crippen LogP contribution in [0.15, 0.2) is 39.7 Å². The highest BCUT2D eigenvalue weighted by atomic mass is 79.9. The van der Waals surface area contributed by atoms with Gasteiger partial charge in [-0.25, -0.2) is 0 Å². The summed E-state index contributed by atoms with van der Waals surface area (Å²) < 4.78 is 2.73. The van der Waals surface area contributed by atoms with E-state index in [1.54, 1.807) is 12.3 Å². The number of hydrogen-bond donors (Lipinski definition) is 0. The number of fused-ring (bicyclic) bond motifs is 1. The third-order valence-corrected chi connectivity index (χ3v) is 4.45. The number of likely N-dealkylation sites (tertiary alicyclic amines) is 1. The van der Waals surface area contributed by atoms with Crippen LogP contribution in [-0.2, 0) is 11.3 Å². The van der Waals surface area contributed by atoms with E-state index in [0.29, 0.717) is 11.9 Å². The number of carbonyl (C=O) groups excluding carboxylic acids is 1. The summed E-state index contributed by atoms with van der Waals surface area (Å²) in [6, 6.07) is 7.10. The van der Waals surface area contributed by atoms with Crippen molar-refractivity contribution in [1.29, 1.82) is 0 Å². The van der Waals surface area contributed by atoms with Crippen LogP contribution in [0.5, 0.6) is 0 Å². The van der Waals surface area contributed by atoms with E-state index >= 15 is 0 Å². The van der Waals surface area contributed by atoms with Gasteiger partial charge < -0.3 is 9.47 Å². The summed E-state index contributed by atoms with van der Waals surface area (Å²) in [7, 11) is 0. The van der Waals surface area contributed by atoms with Gasteiger partial charge in [-0.2, -0.15) is 0 Å². The molecule has 2 heterocycles. The molecule has 0 atom stereocenters. The Morgan fingerprint density at radius 2 is 1.90 bits per heavy atom. The van der Waals surface area contributed by atoms with Crippen molar-refractivity contribution in [3.63, 3.8) is 0 Å². The van der Waals surface area contributed by atoms with E-state index in [1.165, 1.54) is 12.5 Å². The van der Waals surface area contributed by atoms with Crippen LogP contribution in [-0.4, -0.2) is 28.5 Å². The average Bonchev–Trinajstić information content (AvgIpc) is 2.51. The van der Waals surface area contributed by atoms with Gasteiger partial charge in [0.05, 0.1) is 5.52 Å². The molecular weight excluding hydrogens is 332 g/mol. The van der Waals surface area contributed by atoms with E-state index < -0.39 is 0 Å². The molecular formula is C16H17BrN2O2. The molecule has 5 heteroatoms. The molecule has 1 amide bonds. The average molecular weight is 349 g/mol. The van der Waals surface area contributed by atoms with Gasteiger partial charge in [-0.15, -0.1) is 0 Å². The van der Waals surface area contributed by atoms with E-state index in [2.05, 4.69) is 15.9 Å². The summed E-state index contributed by atoms with van der Waals surface area (Å²) in [4.78, 5) is 26.2. The van der Waals surface area contributed by atoms with Gasteiger partial charge >= 0.3 is 0 Å². The van der Waals surface area contributed by atoms with Gasteiger partial charge in [-0.05, 0) is 37.5 Å². The van der Waals surface area contributed by atoms with Crippen molar-refractivity contribution in [2.45, 2.75) is 25.8 Å². The van der Waals surface area contributed by atoms with Crippen LogP contribution in [0.4, 0.5) is 0 Å². The summed E-state index contributed by atoms with van der Waals surface area (Å²) in [5.41, 5.74) is 0.782. The molecule has 0 aliphatic carbocycles. The smallest absolute Gasteiger partial charge is 0.242 e. The molecule has 1 saturated heterocycles. The van der Waals surface area contributed by atoms with Gasteiger partial charge in [0, 0.05) is 35.2 Å². The van der Waals surface area contributed by atoms with Crippen molar-refractivity contribution >= 4 is 32.7 Å². The Kier molecular flexibility index (Phi) is 4.10. The highest BCUT2D eigenvalue weighted by Gasteiger charge is 2.17. The summed E-state index contributed by atoms with van der Waals surface area (Å²) in [6.45, 7) is 1.99. The maximum Gasteiger partial charge on any atom is 0.242 e. The molecule has 0 saturated carbocycles. The summed E-state index contributed by atoms with van der Waals surface area (Å²) in [5.74, 6) is 0.127. The third kappa shape index (κ3) is 3.02. The molecule has 110 valence electrons. The van der Waals surface area contributed by atoms with Crippen LogP contribution in [0.1, 0.15) is 19.3 Å². The number of rotatable bonds is 2. The standard InChI is InChI=1S/C16H17BrN2O2/c17-12-4-5-14-13(10-12)15(20)6-9-19(14)11-16(21)18-7-2-1-3-8-18/h4-6,9-10H,1-3,7-8,11H2. The fourth-order valence-corrected chi connectivity index (χ4v) is 3.17. The number of pyridine rings is 1. The Morgan fingerprint density at radius 3 is 2.67 bits per heavy atom. The predicted octanol–water partition coefficient (Wildman–Crippen LogP) is 2.78. The monoisotopic (exact) mass is 348 g/mol. The van der Waals surface area contributed by atoms with E-state index in [9.17, 15) is 9.59 Å². The Bertz CT molecular complexity index is 733. The van der Waals surface area contributed by atoms with Crippen LogP contribution >= 0.6 is 15.9 Å². The van der Waals surface area contributed by atoms with Crippen LogP contribution in [0.2, 0.25) is 0 Å². The van der Waals surface area contributed by atoms with Crippen molar-refractivity contribution in [3.05, 3.63) is 45.2 Å². The first kappa shape index (κ1) is 14.3. The maximum absolute atomic E-state index is 12.4. The number of carbonyl (C=O) groups is 1. The van der Waals surface area contributed by atoms with E-state index in [1.807, 2.05) is 21.6 Å². The van der Waals surface area contributed by atoms with Crippen LogP contribution in [0.25, 0.3) is 10.9 Å². The molecule has 1 aromatic heterocycles. The highest BCUT2D eigenvalue weighted by Crippen LogP contribution is 2.17. The SMILES string of the molecule is O=C(Cn1ccc(=O)c2cc(Br)ccc21)N1CCCCC1. The van der Waals surface area contributed by atoms with Crippen molar-refractivity contribution in [3.8, 4) is 0 Å². The van der Waals surface area contributed by atoms with E-state index in [0.717, 1.165) is 35.9 Å². The maximum atomic E-state index is 12.4. The zero-order valence-corrected chi connectivity index (χ0v) is 13.3. The lowest BCUT2D eigenvalue weighted by molar-refractivity contribution is -0.132. The second kappa shape index (κ2) is 6.02. The molecule has 0 N–H and O–H groups in total. The number of nitrogens with zero attached hydrogens (tertiary/aromatic N) is 2. The minimum atomic E-state index is -0.0204. The zero-order chi connectivity index (χ0) is 14.8. The molecule has 2 aromatic rings. The minimum Gasteiger partial charge on any atom is -0.341 e. The predicted molar refractivity (Wildman–Crippen MR) is 86.3 cm³/mol. The minimum absolute atomic E-state index is 0.0204. The van der Waals surface area contributed by atoms with Gasteiger partial charge in [0.2, 0.25) is 5.91 Å². The first-order valence-electron chi connectivity index (χ1n) is 7.21. The molecule has 3 rings (SSSR count). The van der Waals surface area contributed by atoms with E-state index in [4.69, 9.17) is 0 Å². The van der Waals surface area contributed by atoms with Crippen molar-refractivity contribution < 1.29 is 4.79 Å². The topological polar surface area (TPSA) is 42.3 Å². The zero-order valence-electron chi connectivity index (χ0n) is 11.7. The van der Waals surface area contributed by atoms with Crippen LogP contribution < -0.4 is 5.43 Å². The Hall–Kier alpha value is -1.62. The Labute approximate surface area is 131 Å². The molecule has 1 aromatic carbocycles. The summed E-state index contributed by atoms with van der Waals surface area (Å²) in [6.07, 6.45) is 5.09. The molecule has 21 heavy (non-hydrogen) atoms. The molecule has 1 aliphatic heterocycles. The summed E-state index contributed by atoms with van der Waals surface area (Å²) in [5, 5.41) is 0.637. The van der Waals surface area contributed by atoms with Gasteiger partial charge in [0.1, 0.15) is 6.54 Å². The first-order chi connectivity index (χ1) is 10.1. The third-order valence-electron chi connectivity index (χ3n) is 3.95. The van der Waals surface area contributed by atoms with Crippen molar-refractivity contribution in [2.75, 3.05) is 13.1 Å². The second-order valence-electron chi connectivity index (χ2n) is 5.41. The number of amides is 1. The lowest BCUT2D eigenvalue weighted by Gasteiger charge is -2.27. The Morgan fingerprint density at radius 1 is 1.14 bits per heavy atom. The first-order valence-corrected chi connectivity index (χ1v) is 8.01. The molecule has 4 nitrogen and oxygen atoms in total. The second-order valence-corrected chi connectivity index (χ2v) is 6.33. The molecule has 0 radical (unpaired) electrons. The van der Waals surface area contributed by atoms with Crippen molar-refractivity contribution in [2.24, 2.45) is 0 Å². The number of benzene rings is 1. The Balaban J connectivity index is 1.92. The largest absolute Gasteiger partial charge is 0.341 e. The van der Waals surface area contributed by atoms with Gasteiger partial charge in [-0.1, -0.05) is 15.9 Å². The van der Waals surface area contributed by atoms with Crippen LogP contribution in [0, 0.1) is 0 Å². The highest BCUT2D eigenvalue weighted by molar-refractivity contribution is 9.10. The molecule has 0 unspecified atom stereocenters. The van der Waals surface area contributed by atoms with E-state index in [-0.39, 0.29) is 11.3 Å². The number of halogens is 1. The van der Waals surface area contributed by atoms with Gasteiger partial charge in [-0.3, -0.25) is 9.59 Å². The number of aromatic nitrogens is 1.